The summed E-state index contributed by atoms with van der Waals surface area (Å²) in [4.78, 5) is 3.81. The van der Waals surface area contributed by atoms with E-state index in [2.05, 4.69) is 198 Å². The molecule has 1 unspecified atom stereocenters. The van der Waals surface area contributed by atoms with E-state index in [1.54, 1.807) is 0 Å². The third kappa shape index (κ3) is 5.04. The molecule has 0 aliphatic heterocycles. The van der Waals surface area contributed by atoms with E-state index < -0.39 is 0 Å². The maximum atomic E-state index is 2.50. The van der Waals surface area contributed by atoms with Gasteiger partial charge in [0.05, 0.1) is 22.4 Å². The number of fused-ring (bicyclic) bond motifs is 8. The highest BCUT2D eigenvalue weighted by molar-refractivity contribution is 8.00. The van der Waals surface area contributed by atoms with E-state index in [9.17, 15) is 0 Å². The van der Waals surface area contributed by atoms with E-state index in [1.807, 2.05) is 11.8 Å². The minimum absolute atomic E-state index is 0.418. The second kappa shape index (κ2) is 12.6. The molecule has 1 aliphatic carbocycles. The Balaban J connectivity index is 1.24. The molecule has 0 saturated heterocycles. The second-order valence-corrected chi connectivity index (χ2v) is 14.9. The first-order valence-electron chi connectivity index (χ1n) is 18.0. The van der Waals surface area contributed by atoms with Crippen LogP contribution < -0.4 is 4.90 Å². The number of rotatable bonds is 6. The number of benzene rings is 8. The lowest BCUT2D eigenvalue weighted by molar-refractivity contribution is 1.05. The van der Waals surface area contributed by atoms with Crippen LogP contribution in [-0.4, -0.2) is 9.82 Å². The smallest absolute Gasteiger partial charge is 0.0782 e. The van der Waals surface area contributed by atoms with Gasteiger partial charge in [-0.2, -0.15) is 0 Å². The summed E-state index contributed by atoms with van der Waals surface area (Å²) >= 11 is 1.96. The highest BCUT2D eigenvalue weighted by atomic mass is 32.2. The number of anilines is 3. The Labute approximate surface area is 307 Å². The minimum atomic E-state index is 0.418. The maximum Gasteiger partial charge on any atom is 0.0782 e. The molecule has 52 heavy (non-hydrogen) atoms. The average molecular weight is 685 g/mol. The second-order valence-electron chi connectivity index (χ2n) is 13.7. The summed E-state index contributed by atoms with van der Waals surface area (Å²) in [6.45, 7) is 2.29. The van der Waals surface area contributed by atoms with Gasteiger partial charge in [0.2, 0.25) is 0 Å². The molecular formula is C49H36N2S. The van der Waals surface area contributed by atoms with Crippen LogP contribution in [0.5, 0.6) is 0 Å². The molecule has 0 saturated carbocycles. The zero-order valence-electron chi connectivity index (χ0n) is 28.9. The zero-order valence-corrected chi connectivity index (χ0v) is 29.7. The Kier molecular flexibility index (Phi) is 7.47. The van der Waals surface area contributed by atoms with E-state index in [4.69, 9.17) is 0 Å². The van der Waals surface area contributed by atoms with E-state index in [0.717, 1.165) is 23.5 Å². The summed E-state index contributed by atoms with van der Waals surface area (Å²) in [6.07, 6.45) is 9.97. The van der Waals surface area contributed by atoms with Gasteiger partial charge in [-0.05, 0) is 99.8 Å². The first kappa shape index (κ1) is 30.8. The molecule has 10 rings (SSSR count). The lowest BCUT2D eigenvalue weighted by Crippen LogP contribution is -2.13. The summed E-state index contributed by atoms with van der Waals surface area (Å²) in [6, 6.07) is 58.0. The number of thioether (sulfide) groups is 1. The lowest BCUT2D eigenvalue weighted by Gasteiger charge is -2.30. The number of hydrogen-bond donors (Lipinski definition) is 0. The van der Waals surface area contributed by atoms with Crippen molar-refractivity contribution >= 4 is 82.9 Å². The van der Waals surface area contributed by atoms with E-state index in [0.29, 0.717) is 5.25 Å². The molecule has 2 nitrogen and oxygen atoms in total. The molecule has 8 aromatic carbocycles. The predicted molar refractivity (Wildman–Crippen MR) is 225 cm³/mol. The summed E-state index contributed by atoms with van der Waals surface area (Å²) in [5.74, 6) is 0. The molecule has 0 fully saturated rings. The summed E-state index contributed by atoms with van der Waals surface area (Å²) in [7, 11) is 0. The quantitative estimate of drug-likeness (QED) is 0.161. The van der Waals surface area contributed by atoms with Crippen LogP contribution >= 0.6 is 11.8 Å². The molecule has 0 N–H and O–H groups in total. The van der Waals surface area contributed by atoms with Crippen molar-refractivity contribution in [3.63, 3.8) is 0 Å². The number of hydrogen-bond acceptors (Lipinski definition) is 2. The van der Waals surface area contributed by atoms with Gasteiger partial charge < -0.3 is 9.47 Å². The van der Waals surface area contributed by atoms with E-state index in [-0.39, 0.29) is 0 Å². The number of allylic oxidation sites excluding steroid dienone is 3. The Bertz CT molecular complexity index is 2880. The van der Waals surface area contributed by atoms with E-state index in [1.165, 1.54) is 70.3 Å². The van der Waals surface area contributed by atoms with Gasteiger partial charge in [0.15, 0.2) is 0 Å². The van der Waals surface area contributed by atoms with Crippen LogP contribution in [-0.2, 0) is 0 Å². The van der Waals surface area contributed by atoms with Gasteiger partial charge in [0.25, 0.3) is 0 Å². The Morgan fingerprint density at radius 1 is 0.558 bits per heavy atom. The van der Waals surface area contributed by atoms with Gasteiger partial charge in [-0.15, -0.1) is 11.8 Å². The Morgan fingerprint density at radius 3 is 2.10 bits per heavy atom. The topological polar surface area (TPSA) is 8.17 Å². The predicted octanol–water partition coefficient (Wildman–Crippen LogP) is 14.0. The fraction of sp³-hybridized carbons (Fsp3) is 0.0612. The van der Waals surface area contributed by atoms with Crippen LogP contribution in [0.25, 0.3) is 59.8 Å². The summed E-state index contributed by atoms with van der Waals surface area (Å²) in [5.41, 5.74) is 8.29. The van der Waals surface area contributed by atoms with Crippen molar-refractivity contribution in [1.82, 2.24) is 4.57 Å². The van der Waals surface area contributed by atoms with Crippen LogP contribution in [0, 0.1) is 6.92 Å². The van der Waals surface area contributed by atoms with Crippen molar-refractivity contribution in [2.75, 3.05) is 4.90 Å². The molecular weight excluding hydrogens is 649 g/mol. The molecule has 9 aromatic rings. The number of para-hydroxylation sites is 3. The molecule has 0 bridgehead atoms. The highest BCUT2D eigenvalue weighted by Gasteiger charge is 2.24. The van der Waals surface area contributed by atoms with Crippen molar-refractivity contribution in [2.45, 2.75) is 23.5 Å². The first-order valence-corrected chi connectivity index (χ1v) is 18.9. The van der Waals surface area contributed by atoms with Crippen LogP contribution in [0.4, 0.5) is 17.1 Å². The van der Waals surface area contributed by atoms with Crippen LogP contribution in [0.2, 0.25) is 0 Å². The van der Waals surface area contributed by atoms with Crippen molar-refractivity contribution in [2.24, 2.45) is 0 Å². The monoisotopic (exact) mass is 684 g/mol. The molecule has 1 aliphatic rings. The van der Waals surface area contributed by atoms with Crippen LogP contribution in [0.3, 0.4) is 0 Å². The van der Waals surface area contributed by atoms with Gasteiger partial charge in [0.1, 0.15) is 0 Å². The van der Waals surface area contributed by atoms with Gasteiger partial charge in [0, 0.05) is 32.3 Å². The van der Waals surface area contributed by atoms with Crippen LogP contribution in [0.1, 0.15) is 12.0 Å². The Morgan fingerprint density at radius 2 is 1.25 bits per heavy atom. The maximum absolute atomic E-state index is 2.50. The molecule has 0 amide bonds. The normalized spacial score (nSPS) is 14.3. The molecule has 3 heteroatoms. The van der Waals surface area contributed by atoms with E-state index >= 15 is 0 Å². The van der Waals surface area contributed by atoms with Gasteiger partial charge in [-0.25, -0.2) is 0 Å². The SMILES string of the molecule is Cc1c(SC2C=CC=CC2)cccc1N(c1ccc2c(ccc3c4ccccc4ccc23)c1)c1cccc2c3ccccc3n(-c3ccccc3)c12. The highest BCUT2D eigenvalue weighted by Crippen LogP contribution is 2.47. The minimum Gasteiger partial charge on any atom is -0.308 e. The van der Waals surface area contributed by atoms with Gasteiger partial charge >= 0.3 is 0 Å². The first-order chi connectivity index (χ1) is 25.7. The summed E-state index contributed by atoms with van der Waals surface area (Å²) < 4.78 is 2.44. The molecule has 0 spiro atoms. The molecule has 1 heterocycles. The lowest BCUT2D eigenvalue weighted by atomic mass is 9.96. The molecule has 1 aromatic heterocycles. The van der Waals surface area contributed by atoms with Crippen molar-refractivity contribution < 1.29 is 0 Å². The number of aromatic nitrogens is 1. The zero-order chi connectivity index (χ0) is 34.6. The fourth-order valence-corrected chi connectivity index (χ4v) is 9.31. The van der Waals surface area contributed by atoms with Crippen molar-refractivity contribution in [3.8, 4) is 5.69 Å². The standard InChI is InChI=1S/C49H36N2S/c1-33-45(23-13-25-48(33)52-38-17-6-3-7-18-38)50(37-28-31-40-35(32-37)27-30-41-39-19-9-8-14-34(39)26-29-42(40)41)47-24-12-21-44-43-20-10-11-22-46(43)51(49(44)47)36-15-4-2-5-16-36/h2-17,19-32,38H,18H2,1H3. The van der Waals surface area contributed by atoms with Crippen LogP contribution in [0.15, 0.2) is 187 Å². The van der Waals surface area contributed by atoms with Crippen molar-refractivity contribution in [1.29, 1.82) is 0 Å². The molecule has 1 atom stereocenters. The largest absolute Gasteiger partial charge is 0.308 e. The third-order valence-corrected chi connectivity index (χ3v) is 12.0. The third-order valence-electron chi connectivity index (χ3n) is 10.6. The summed E-state index contributed by atoms with van der Waals surface area (Å²) in [5, 5.41) is 10.5. The fourth-order valence-electron chi connectivity index (χ4n) is 8.17. The van der Waals surface area contributed by atoms with Crippen molar-refractivity contribution in [3.05, 3.63) is 188 Å². The van der Waals surface area contributed by atoms with Gasteiger partial charge in [-0.1, -0.05) is 133 Å². The Hall–Kier alpha value is -6.03. The number of nitrogens with zero attached hydrogens (tertiary/aromatic N) is 2. The van der Waals surface area contributed by atoms with Gasteiger partial charge in [-0.3, -0.25) is 0 Å². The molecule has 0 radical (unpaired) electrons. The average Bonchev–Trinajstić information content (AvgIpc) is 3.55. The molecule has 248 valence electrons.